The summed E-state index contributed by atoms with van der Waals surface area (Å²) in [6.07, 6.45) is -7.31. The Labute approximate surface area is 253 Å². The molecule has 6 atom stereocenters. The van der Waals surface area contributed by atoms with E-state index in [1.54, 1.807) is 71.9 Å². The summed E-state index contributed by atoms with van der Waals surface area (Å²) in [6.45, 7) is 12.8. The minimum atomic E-state index is -2.21. The van der Waals surface area contributed by atoms with Gasteiger partial charge in [0.25, 0.3) is 5.91 Å². The lowest BCUT2D eigenvalue weighted by molar-refractivity contribution is -0.155. The number of amides is 3. The van der Waals surface area contributed by atoms with E-state index in [2.05, 4.69) is 16.0 Å². The summed E-state index contributed by atoms with van der Waals surface area (Å²) in [4.78, 5) is 50.7. The van der Waals surface area contributed by atoms with E-state index in [-0.39, 0.29) is 18.8 Å². The van der Waals surface area contributed by atoms with Gasteiger partial charge >= 0.3 is 12.1 Å². The molecule has 13 heteroatoms. The van der Waals surface area contributed by atoms with Crippen molar-refractivity contribution in [1.29, 1.82) is 0 Å². The molecule has 0 spiro atoms. The number of rotatable bonds is 14. The monoisotopic (exact) mass is 611 g/mol. The number of aliphatic hydroxyl groups is 4. The number of aliphatic hydroxyl groups excluding tert-OH is 4. The molecule has 244 valence electrons. The standard InChI is InChI=1S/C30H49N3O10/c1-17(2)14-20(33-28(41)43-30(6,7)8)26(39)32-21(16-34)23(36)24(37)25(38)27(40)31-19(18-12-10-9-11-13-18)15-22(35)42-29(3,4)5/h9-13,17,19-21,23-25,34,36-38H,14-16H2,1-8H3,(H,31,40)(H,32,39)(H,33,41)/t19-,20-,21-,23+,24-,25-/m0/s1. The molecule has 3 amide bonds. The quantitative estimate of drug-likeness (QED) is 0.149. The fourth-order valence-electron chi connectivity index (χ4n) is 4.00. The van der Waals surface area contributed by atoms with Crippen LogP contribution in [0.15, 0.2) is 30.3 Å². The highest BCUT2D eigenvalue weighted by molar-refractivity contribution is 5.86. The van der Waals surface area contributed by atoms with Gasteiger partial charge < -0.3 is 45.9 Å². The van der Waals surface area contributed by atoms with Crippen molar-refractivity contribution < 1.29 is 49.1 Å². The molecule has 0 heterocycles. The van der Waals surface area contributed by atoms with Crippen LogP contribution in [0.4, 0.5) is 4.79 Å². The van der Waals surface area contributed by atoms with E-state index in [1.807, 2.05) is 13.8 Å². The fourth-order valence-corrected chi connectivity index (χ4v) is 4.00. The van der Waals surface area contributed by atoms with Gasteiger partial charge in [-0.3, -0.25) is 14.4 Å². The number of carbonyl (C=O) groups excluding carboxylic acids is 4. The van der Waals surface area contributed by atoms with Crippen LogP contribution in [-0.2, 0) is 23.9 Å². The molecule has 0 aliphatic carbocycles. The largest absolute Gasteiger partial charge is 0.460 e. The molecule has 0 fully saturated rings. The zero-order chi connectivity index (χ0) is 33.1. The van der Waals surface area contributed by atoms with E-state index in [0.717, 1.165) is 0 Å². The van der Waals surface area contributed by atoms with Crippen molar-refractivity contribution in [3.05, 3.63) is 35.9 Å². The van der Waals surface area contributed by atoms with Crippen molar-refractivity contribution in [3.63, 3.8) is 0 Å². The Morgan fingerprint density at radius 3 is 1.84 bits per heavy atom. The maximum absolute atomic E-state index is 13.0. The second kappa shape index (κ2) is 16.6. The van der Waals surface area contributed by atoms with Crippen LogP contribution in [0.25, 0.3) is 0 Å². The summed E-state index contributed by atoms with van der Waals surface area (Å²) in [6, 6.07) is 4.86. The van der Waals surface area contributed by atoms with Crippen LogP contribution in [0, 0.1) is 5.92 Å². The van der Waals surface area contributed by atoms with Crippen molar-refractivity contribution in [1.82, 2.24) is 16.0 Å². The molecular weight excluding hydrogens is 562 g/mol. The second-order valence-corrected chi connectivity index (χ2v) is 12.8. The minimum absolute atomic E-state index is 0.0439. The second-order valence-electron chi connectivity index (χ2n) is 12.8. The van der Waals surface area contributed by atoms with Crippen molar-refractivity contribution in [3.8, 4) is 0 Å². The summed E-state index contributed by atoms with van der Waals surface area (Å²) < 4.78 is 10.6. The lowest BCUT2D eigenvalue weighted by atomic mass is 9.98. The molecule has 0 radical (unpaired) electrons. The number of hydrogen-bond acceptors (Lipinski definition) is 10. The third-order valence-electron chi connectivity index (χ3n) is 5.90. The Hall–Kier alpha value is -3.26. The Morgan fingerprint density at radius 2 is 1.35 bits per heavy atom. The van der Waals surface area contributed by atoms with Crippen LogP contribution in [0.5, 0.6) is 0 Å². The Morgan fingerprint density at radius 1 is 0.791 bits per heavy atom. The van der Waals surface area contributed by atoms with Crippen molar-refractivity contribution >= 4 is 23.9 Å². The van der Waals surface area contributed by atoms with Gasteiger partial charge in [0.1, 0.15) is 29.5 Å². The predicted octanol–water partition coefficient (Wildman–Crippen LogP) is 1.07. The maximum Gasteiger partial charge on any atom is 0.408 e. The summed E-state index contributed by atoms with van der Waals surface area (Å²) in [7, 11) is 0. The van der Waals surface area contributed by atoms with Crippen molar-refractivity contribution in [2.24, 2.45) is 5.92 Å². The average Bonchev–Trinajstić information content (AvgIpc) is 2.87. The van der Waals surface area contributed by atoms with Gasteiger partial charge in [0.15, 0.2) is 6.10 Å². The topological polar surface area (TPSA) is 204 Å². The Balaban J connectivity index is 3.00. The van der Waals surface area contributed by atoms with Crippen LogP contribution in [0.3, 0.4) is 0 Å². The van der Waals surface area contributed by atoms with Crippen LogP contribution in [-0.4, -0.2) is 92.5 Å². The molecule has 43 heavy (non-hydrogen) atoms. The average molecular weight is 612 g/mol. The SMILES string of the molecule is CC(C)C[C@H](NC(=O)OC(C)(C)C)C(=O)N[C@@H](CO)[C@@H](O)[C@H](O)[C@H](O)C(=O)N[C@@H](CC(=O)OC(C)(C)C)c1ccccc1. The van der Waals surface area contributed by atoms with Crippen LogP contribution < -0.4 is 16.0 Å². The van der Waals surface area contributed by atoms with Gasteiger partial charge in [-0.2, -0.15) is 0 Å². The number of benzene rings is 1. The lowest BCUT2D eigenvalue weighted by Gasteiger charge is -2.31. The van der Waals surface area contributed by atoms with Gasteiger partial charge in [0.05, 0.1) is 25.1 Å². The number of alkyl carbamates (subject to hydrolysis) is 1. The van der Waals surface area contributed by atoms with E-state index in [0.29, 0.717) is 5.56 Å². The zero-order valence-electron chi connectivity index (χ0n) is 26.3. The Bertz CT molecular complexity index is 1050. The van der Waals surface area contributed by atoms with Crippen LogP contribution in [0.2, 0.25) is 0 Å². The number of esters is 1. The van der Waals surface area contributed by atoms with E-state index in [1.165, 1.54) is 0 Å². The first-order valence-corrected chi connectivity index (χ1v) is 14.3. The molecule has 0 aromatic heterocycles. The van der Waals surface area contributed by atoms with Crippen LogP contribution >= 0.6 is 0 Å². The summed E-state index contributed by atoms with van der Waals surface area (Å²) in [5, 5.41) is 49.1. The molecule has 0 aliphatic rings. The molecule has 7 N–H and O–H groups in total. The molecule has 0 bridgehead atoms. The molecule has 0 saturated heterocycles. The Kier molecular flexibility index (Phi) is 14.5. The van der Waals surface area contributed by atoms with Crippen molar-refractivity contribution in [2.45, 2.75) is 116 Å². The molecule has 0 aliphatic heterocycles. The van der Waals surface area contributed by atoms with Crippen molar-refractivity contribution in [2.75, 3.05) is 6.61 Å². The van der Waals surface area contributed by atoms with E-state index in [9.17, 15) is 39.6 Å². The summed E-state index contributed by atoms with van der Waals surface area (Å²) >= 11 is 0. The molecule has 0 unspecified atom stereocenters. The summed E-state index contributed by atoms with van der Waals surface area (Å²) in [5.74, 6) is -2.56. The van der Waals surface area contributed by atoms with Crippen LogP contribution in [0.1, 0.15) is 79.8 Å². The molecule has 13 nitrogen and oxygen atoms in total. The third kappa shape index (κ3) is 14.2. The van der Waals surface area contributed by atoms with E-state index >= 15 is 0 Å². The molecule has 1 aromatic rings. The number of nitrogens with one attached hydrogen (secondary N) is 3. The normalized spacial score (nSPS) is 16.2. The highest BCUT2D eigenvalue weighted by Crippen LogP contribution is 2.20. The number of hydrogen-bond donors (Lipinski definition) is 7. The molecule has 1 rings (SSSR count). The number of carbonyl (C=O) groups is 4. The van der Waals surface area contributed by atoms with Gasteiger partial charge in [-0.1, -0.05) is 44.2 Å². The summed E-state index contributed by atoms with van der Waals surface area (Å²) in [5.41, 5.74) is -1.07. The highest BCUT2D eigenvalue weighted by Gasteiger charge is 2.38. The van der Waals surface area contributed by atoms with E-state index in [4.69, 9.17) is 9.47 Å². The first-order valence-electron chi connectivity index (χ1n) is 14.3. The smallest absolute Gasteiger partial charge is 0.408 e. The van der Waals surface area contributed by atoms with Gasteiger partial charge in [-0.15, -0.1) is 0 Å². The van der Waals surface area contributed by atoms with Gasteiger partial charge in [-0.25, -0.2) is 4.79 Å². The molecule has 0 saturated carbocycles. The fraction of sp³-hybridized carbons (Fsp3) is 0.667. The van der Waals surface area contributed by atoms with Gasteiger partial charge in [0.2, 0.25) is 5.91 Å². The lowest BCUT2D eigenvalue weighted by Crippen LogP contribution is -2.59. The third-order valence-corrected chi connectivity index (χ3v) is 5.90. The predicted molar refractivity (Wildman–Crippen MR) is 157 cm³/mol. The van der Waals surface area contributed by atoms with Gasteiger partial charge in [0, 0.05) is 0 Å². The zero-order valence-corrected chi connectivity index (χ0v) is 26.3. The van der Waals surface area contributed by atoms with Gasteiger partial charge in [-0.05, 0) is 59.4 Å². The minimum Gasteiger partial charge on any atom is -0.460 e. The first-order chi connectivity index (χ1) is 19.7. The molecule has 1 aromatic carbocycles. The number of ether oxygens (including phenoxy) is 2. The maximum atomic E-state index is 13.0. The highest BCUT2D eigenvalue weighted by atomic mass is 16.6. The molecular formula is C30H49N3O10. The van der Waals surface area contributed by atoms with E-state index < -0.39 is 78.1 Å². The first kappa shape index (κ1) is 37.8.